The molecular formula is C19H19F3N2O5S. The molecule has 1 fully saturated rings. The van der Waals surface area contributed by atoms with E-state index in [0.717, 1.165) is 10.4 Å². The topological polar surface area (TPSA) is 100 Å². The third-order valence-corrected chi connectivity index (χ3v) is 6.36. The lowest BCUT2D eigenvalue weighted by molar-refractivity contribution is -0.138. The van der Waals surface area contributed by atoms with Crippen molar-refractivity contribution >= 4 is 16.0 Å². The van der Waals surface area contributed by atoms with Crippen LogP contribution in [0.4, 0.5) is 13.2 Å². The monoisotopic (exact) mass is 444 g/mol. The third kappa shape index (κ3) is 5.35. The van der Waals surface area contributed by atoms with Gasteiger partial charge in [0.2, 0.25) is 10.0 Å². The first-order valence-electron chi connectivity index (χ1n) is 8.94. The molecule has 11 heteroatoms. The molecule has 0 radical (unpaired) electrons. The molecule has 1 saturated heterocycles. The highest BCUT2D eigenvalue weighted by molar-refractivity contribution is 7.89. The van der Waals surface area contributed by atoms with Crippen molar-refractivity contribution in [2.45, 2.75) is 30.0 Å². The fraction of sp³-hybridized carbons (Fsp3) is 0.368. The van der Waals surface area contributed by atoms with Crippen LogP contribution in [0.3, 0.4) is 0 Å². The van der Waals surface area contributed by atoms with Gasteiger partial charge in [-0.1, -0.05) is 6.07 Å². The molecule has 0 bridgehead atoms. The Labute approximate surface area is 171 Å². The third-order valence-electron chi connectivity index (χ3n) is 4.56. The van der Waals surface area contributed by atoms with Gasteiger partial charge in [0.05, 0.1) is 29.6 Å². The molecule has 2 heterocycles. The highest BCUT2D eigenvalue weighted by atomic mass is 32.2. The van der Waals surface area contributed by atoms with Crippen LogP contribution in [0, 0.1) is 0 Å². The maximum absolute atomic E-state index is 13.4. The SMILES string of the molecule is CN(CC1CO1)S(=O)(=O)c1cc(-c2ccc(CCC(=O)O)nc2)cc(C(F)(F)F)c1. The fourth-order valence-corrected chi connectivity index (χ4v) is 4.07. The lowest BCUT2D eigenvalue weighted by Crippen LogP contribution is -2.30. The van der Waals surface area contributed by atoms with E-state index in [1.807, 2.05) is 0 Å². The maximum Gasteiger partial charge on any atom is 0.416 e. The molecule has 0 spiro atoms. The second-order valence-electron chi connectivity index (χ2n) is 6.92. The molecule has 1 aromatic carbocycles. The van der Waals surface area contributed by atoms with E-state index >= 15 is 0 Å². The van der Waals surface area contributed by atoms with Gasteiger partial charge < -0.3 is 9.84 Å². The van der Waals surface area contributed by atoms with E-state index in [0.29, 0.717) is 18.4 Å². The van der Waals surface area contributed by atoms with E-state index in [1.54, 1.807) is 0 Å². The van der Waals surface area contributed by atoms with Crippen molar-refractivity contribution in [2.24, 2.45) is 0 Å². The van der Waals surface area contributed by atoms with Gasteiger partial charge in [0.15, 0.2) is 0 Å². The molecule has 30 heavy (non-hydrogen) atoms. The van der Waals surface area contributed by atoms with Crippen molar-refractivity contribution in [3.63, 3.8) is 0 Å². The number of epoxide rings is 1. The van der Waals surface area contributed by atoms with Crippen molar-refractivity contribution in [2.75, 3.05) is 20.2 Å². The van der Waals surface area contributed by atoms with Gasteiger partial charge in [-0.2, -0.15) is 17.5 Å². The average molecular weight is 444 g/mol. The van der Waals surface area contributed by atoms with Crippen molar-refractivity contribution < 1.29 is 36.2 Å². The predicted octanol–water partition coefficient (Wildman–Crippen LogP) is 2.80. The molecule has 2 aromatic rings. The maximum atomic E-state index is 13.4. The van der Waals surface area contributed by atoms with Crippen LogP contribution in [-0.2, 0) is 32.2 Å². The molecule has 3 rings (SSSR count). The molecule has 0 saturated carbocycles. The lowest BCUT2D eigenvalue weighted by Gasteiger charge is -2.18. The molecule has 1 aliphatic rings. The number of rotatable bonds is 8. The molecule has 7 nitrogen and oxygen atoms in total. The minimum atomic E-state index is -4.74. The first-order chi connectivity index (χ1) is 14.0. The van der Waals surface area contributed by atoms with Gasteiger partial charge in [-0.3, -0.25) is 9.78 Å². The molecular weight excluding hydrogens is 425 g/mol. The standard InChI is InChI=1S/C19H19F3N2O5S/c1-24(10-16-11-29-16)30(27,28)17-7-13(6-14(8-17)19(20,21)22)12-2-3-15(23-9-12)4-5-18(25)26/h2-3,6-9,16H,4-5,10-11H2,1H3,(H,25,26). The van der Waals surface area contributed by atoms with Crippen LogP contribution in [0.5, 0.6) is 0 Å². The van der Waals surface area contributed by atoms with Gasteiger partial charge in [-0.25, -0.2) is 8.42 Å². The number of carboxylic acid groups (broad SMARTS) is 1. The number of alkyl halides is 3. The molecule has 0 amide bonds. The predicted molar refractivity (Wildman–Crippen MR) is 100 cm³/mol. The minimum Gasteiger partial charge on any atom is -0.481 e. The summed E-state index contributed by atoms with van der Waals surface area (Å²) in [6, 6.07) is 5.62. The smallest absolute Gasteiger partial charge is 0.416 e. The van der Waals surface area contributed by atoms with Crippen LogP contribution in [0.2, 0.25) is 0 Å². The summed E-state index contributed by atoms with van der Waals surface area (Å²) in [6.45, 7) is 0.460. The fourth-order valence-electron chi connectivity index (χ4n) is 2.79. The van der Waals surface area contributed by atoms with Crippen LogP contribution >= 0.6 is 0 Å². The number of halogens is 3. The second kappa shape index (κ2) is 8.32. The molecule has 1 aromatic heterocycles. The number of carbonyl (C=O) groups is 1. The van der Waals surface area contributed by atoms with E-state index in [4.69, 9.17) is 9.84 Å². The molecule has 1 atom stereocenters. The Kier molecular flexibility index (Phi) is 6.16. The first kappa shape index (κ1) is 22.2. The Morgan fingerprint density at radius 3 is 2.50 bits per heavy atom. The Morgan fingerprint density at radius 1 is 1.27 bits per heavy atom. The van der Waals surface area contributed by atoms with E-state index in [2.05, 4.69) is 4.98 Å². The van der Waals surface area contributed by atoms with Gasteiger partial charge in [0.25, 0.3) is 0 Å². The quantitative estimate of drug-likeness (QED) is 0.629. The number of hydrogen-bond donors (Lipinski definition) is 1. The summed E-state index contributed by atoms with van der Waals surface area (Å²) < 4.78 is 71.8. The summed E-state index contributed by atoms with van der Waals surface area (Å²) in [4.78, 5) is 14.2. The van der Waals surface area contributed by atoms with Gasteiger partial charge in [0.1, 0.15) is 0 Å². The molecule has 162 valence electrons. The van der Waals surface area contributed by atoms with Crippen LogP contribution in [0.25, 0.3) is 11.1 Å². The van der Waals surface area contributed by atoms with E-state index in [-0.39, 0.29) is 36.6 Å². The average Bonchev–Trinajstić information content (AvgIpc) is 3.49. The summed E-state index contributed by atoms with van der Waals surface area (Å²) >= 11 is 0. The molecule has 1 unspecified atom stereocenters. The number of aryl methyl sites for hydroxylation is 1. The normalized spacial score (nSPS) is 16.6. The number of carboxylic acids is 1. The van der Waals surface area contributed by atoms with Crippen LogP contribution in [0.15, 0.2) is 41.4 Å². The summed E-state index contributed by atoms with van der Waals surface area (Å²) in [6.07, 6.45) is -3.66. The number of benzene rings is 1. The zero-order valence-electron chi connectivity index (χ0n) is 15.9. The van der Waals surface area contributed by atoms with Gasteiger partial charge in [-0.15, -0.1) is 0 Å². The Balaban J connectivity index is 1.98. The van der Waals surface area contributed by atoms with Crippen LogP contribution < -0.4 is 0 Å². The van der Waals surface area contributed by atoms with Gasteiger partial charge >= 0.3 is 12.1 Å². The summed E-state index contributed by atoms with van der Waals surface area (Å²) in [7, 11) is -2.88. The zero-order chi connectivity index (χ0) is 22.1. The number of hydrogen-bond acceptors (Lipinski definition) is 5. The van der Waals surface area contributed by atoms with Crippen molar-refractivity contribution in [1.82, 2.24) is 9.29 Å². The number of nitrogens with zero attached hydrogens (tertiary/aromatic N) is 2. The number of ether oxygens (including phenoxy) is 1. The highest BCUT2D eigenvalue weighted by Gasteiger charge is 2.35. The van der Waals surface area contributed by atoms with Gasteiger partial charge in [-0.05, 0) is 29.8 Å². The Hall–Kier alpha value is -2.50. The number of aliphatic carboxylic acids is 1. The van der Waals surface area contributed by atoms with Crippen LogP contribution in [0.1, 0.15) is 17.7 Å². The highest BCUT2D eigenvalue weighted by Crippen LogP contribution is 2.35. The summed E-state index contributed by atoms with van der Waals surface area (Å²) in [5, 5.41) is 8.72. The summed E-state index contributed by atoms with van der Waals surface area (Å²) in [5.41, 5.74) is -0.309. The molecule has 1 N–H and O–H groups in total. The van der Waals surface area contributed by atoms with Crippen LogP contribution in [-0.4, -0.2) is 55.1 Å². The van der Waals surface area contributed by atoms with E-state index < -0.39 is 32.6 Å². The number of pyridine rings is 1. The summed E-state index contributed by atoms with van der Waals surface area (Å²) in [5.74, 6) is -0.991. The largest absolute Gasteiger partial charge is 0.481 e. The minimum absolute atomic E-state index is 0.0387. The number of likely N-dealkylation sites (N-methyl/N-ethyl adjacent to an activating group) is 1. The molecule has 1 aliphatic heterocycles. The Bertz CT molecular complexity index is 1040. The van der Waals surface area contributed by atoms with E-state index in [1.165, 1.54) is 31.4 Å². The first-order valence-corrected chi connectivity index (χ1v) is 10.4. The zero-order valence-corrected chi connectivity index (χ0v) is 16.7. The number of sulfonamides is 1. The van der Waals surface area contributed by atoms with Gasteiger partial charge in [0, 0.05) is 37.5 Å². The Morgan fingerprint density at radius 2 is 1.97 bits per heavy atom. The lowest BCUT2D eigenvalue weighted by atomic mass is 10.0. The molecule has 0 aliphatic carbocycles. The second-order valence-corrected chi connectivity index (χ2v) is 8.96. The van der Waals surface area contributed by atoms with Crippen molar-refractivity contribution in [3.05, 3.63) is 47.8 Å². The van der Waals surface area contributed by atoms with Crippen molar-refractivity contribution in [1.29, 1.82) is 0 Å². The van der Waals surface area contributed by atoms with Crippen molar-refractivity contribution in [3.8, 4) is 11.1 Å². The van der Waals surface area contributed by atoms with E-state index in [9.17, 15) is 26.4 Å². The number of aromatic nitrogens is 1.